The van der Waals surface area contributed by atoms with Gasteiger partial charge in [0.2, 0.25) is 5.91 Å². The number of carbonyl (C=O) groups excluding carboxylic acids is 1. The van der Waals surface area contributed by atoms with Gasteiger partial charge in [-0.3, -0.25) is 9.69 Å². The molecule has 27 heavy (non-hydrogen) atoms. The van der Waals surface area contributed by atoms with Gasteiger partial charge in [0.1, 0.15) is 12.4 Å². The van der Waals surface area contributed by atoms with Crippen LogP contribution in [0.15, 0.2) is 54.6 Å². The molecule has 0 aliphatic heterocycles. The molecule has 1 unspecified atom stereocenters. The summed E-state index contributed by atoms with van der Waals surface area (Å²) in [5, 5.41) is 2.78. The quantitative estimate of drug-likeness (QED) is 0.698. The molecule has 0 saturated heterocycles. The van der Waals surface area contributed by atoms with Gasteiger partial charge in [0.25, 0.3) is 0 Å². The van der Waals surface area contributed by atoms with Crippen LogP contribution < -0.4 is 10.1 Å². The number of ether oxygens (including phenoxy) is 1. The Kier molecular flexibility index (Phi) is 6.88. The average molecular weight is 367 g/mol. The molecule has 1 aliphatic rings. The van der Waals surface area contributed by atoms with E-state index in [9.17, 15) is 4.79 Å². The van der Waals surface area contributed by atoms with Crippen molar-refractivity contribution in [1.82, 2.24) is 10.2 Å². The highest BCUT2D eigenvalue weighted by Crippen LogP contribution is 2.30. The second kappa shape index (κ2) is 9.56. The molecule has 2 aromatic rings. The van der Waals surface area contributed by atoms with Gasteiger partial charge in [-0.25, -0.2) is 0 Å². The van der Waals surface area contributed by atoms with Gasteiger partial charge < -0.3 is 10.1 Å². The Morgan fingerprint density at radius 1 is 1.15 bits per heavy atom. The van der Waals surface area contributed by atoms with Gasteiger partial charge in [-0.1, -0.05) is 42.5 Å². The van der Waals surface area contributed by atoms with E-state index in [-0.39, 0.29) is 11.9 Å². The molecule has 0 heterocycles. The van der Waals surface area contributed by atoms with Crippen molar-refractivity contribution in [2.24, 2.45) is 5.92 Å². The molecular formula is C23H30N2O2. The third-order valence-corrected chi connectivity index (χ3v) is 5.20. The highest BCUT2D eigenvalue weighted by molar-refractivity contribution is 5.80. The molecule has 0 aromatic heterocycles. The van der Waals surface area contributed by atoms with Crippen LogP contribution >= 0.6 is 0 Å². The zero-order valence-corrected chi connectivity index (χ0v) is 16.4. The minimum absolute atomic E-state index is 0.0897. The van der Waals surface area contributed by atoms with Gasteiger partial charge in [0.05, 0.1) is 6.04 Å². The Morgan fingerprint density at radius 2 is 1.89 bits per heavy atom. The van der Waals surface area contributed by atoms with Crippen LogP contribution in [-0.2, 0) is 17.8 Å². The maximum absolute atomic E-state index is 12.1. The van der Waals surface area contributed by atoms with Crippen LogP contribution in [0.4, 0.5) is 0 Å². The van der Waals surface area contributed by atoms with E-state index >= 15 is 0 Å². The summed E-state index contributed by atoms with van der Waals surface area (Å²) in [5.74, 6) is 1.75. The van der Waals surface area contributed by atoms with E-state index in [1.165, 1.54) is 18.4 Å². The maximum atomic E-state index is 12.1. The predicted octanol–water partition coefficient (Wildman–Crippen LogP) is 3.65. The third kappa shape index (κ3) is 6.10. The third-order valence-electron chi connectivity index (χ3n) is 5.20. The Morgan fingerprint density at radius 3 is 2.59 bits per heavy atom. The Balaban J connectivity index is 1.56. The molecule has 4 heteroatoms. The summed E-state index contributed by atoms with van der Waals surface area (Å²) in [6, 6.07) is 18.4. The number of hydrogen-bond acceptors (Lipinski definition) is 3. The summed E-state index contributed by atoms with van der Waals surface area (Å²) in [5.41, 5.74) is 2.41. The number of hydrogen-bond donors (Lipinski definition) is 1. The van der Waals surface area contributed by atoms with Crippen molar-refractivity contribution in [1.29, 1.82) is 0 Å². The first kappa shape index (κ1) is 19.4. The largest absolute Gasteiger partial charge is 0.489 e. The summed E-state index contributed by atoms with van der Waals surface area (Å²) in [6.07, 6.45) is 3.50. The Hall–Kier alpha value is -2.33. The molecule has 1 aliphatic carbocycles. The van der Waals surface area contributed by atoms with Crippen molar-refractivity contribution in [3.8, 4) is 5.75 Å². The average Bonchev–Trinajstić information content (AvgIpc) is 3.53. The lowest BCUT2D eigenvalue weighted by molar-refractivity contribution is -0.125. The van der Waals surface area contributed by atoms with Gasteiger partial charge in [0.15, 0.2) is 0 Å². The molecule has 0 radical (unpaired) electrons. The first-order valence-corrected chi connectivity index (χ1v) is 9.87. The minimum atomic E-state index is -0.0897. The number of amides is 1. The molecule has 3 rings (SSSR count). The van der Waals surface area contributed by atoms with Crippen LogP contribution in [0.25, 0.3) is 0 Å². The van der Waals surface area contributed by atoms with E-state index in [2.05, 4.69) is 34.5 Å². The fourth-order valence-electron chi connectivity index (χ4n) is 3.25. The number of nitrogens with one attached hydrogen (secondary N) is 1. The van der Waals surface area contributed by atoms with Crippen LogP contribution in [0.3, 0.4) is 0 Å². The highest BCUT2D eigenvalue weighted by Gasteiger charge is 2.28. The van der Waals surface area contributed by atoms with Crippen molar-refractivity contribution in [2.45, 2.75) is 38.8 Å². The van der Waals surface area contributed by atoms with E-state index in [1.54, 1.807) is 7.05 Å². The van der Waals surface area contributed by atoms with E-state index < -0.39 is 0 Å². The van der Waals surface area contributed by atoms with E-state index in [0.717, 1.165) is 36.7 Å². The maximum Gasteiger partial charge on any atom is 0.236 e. The van der Waals surface area contributed by atoms with Crippen LogP contribution in [0, 0.1) is 5.92 Å². The second-order valence-electron chi connectivity index (χ2n) is 7.40. The standard InChI is InChI=1S/C23H30N2O2/c1-18(23(26)24-2)25(16-20-11-12-20)14-13-19-9-6-10-22(15-19)27-17-21-7-4-3-5-8-21/h3-10,15,18,20H,11-14,16-17H2,1-2H3,(H,24,26). The monoisotopic (exact) mass is 366 g/mol. The number of rotatable bonds is 10. The summed E-state index contributed by atoms with van der Waals surface area (Å²) in [4.78, 5) is 14.4. The Labute approximate surface area is 162 Å². The fraction of sp³-hybridized carbons (Fsp3) is 0.435. The summed E-state index contributed by atoms with van der Waals surface area (Å²) in [7, 11) is 1.71. The second-order valence-corrected chi connectivity index (χ2v) is 7.40. The lowest BCUT2D eigenvalue weighted by Gasteiger charge is -2.28. The van der Waals surface area contributed by atoms with E-state index in [1.807, 2.05) is 37.3 Å². The molecule has 0 bridgehead atoms. The zero-order chi connectivity index (χ0) is 19.1. The van der Waals surface area contributed by atoms with Gasteiger partial charge in [-0.15, -0.1) is 0 Å². The lowest BCUT2D eigenvalue weighted by Crippen LogP contribution is -2.45. The number of nitrogens with zero attached hydrogens (tertiary/aromatic N) is 1. The smallest absolute Gasteiger partial charge is 0.236 e. The molecule has 1 saturated carbocycles. The molecule has 0 spiro atoms. The molecule has 4 nitrogen and oxygen atoms in total. The molecular weight excluding hydrogens is 336 g/mol. The number of benzene rings is 2. The van der Waals surface area contributed by atoms with Crippen molar-refractivity contribution >= 4 is 5.91 Å². The fourth-order valence-corrected chi connectivity index (χ4v) is 3.25. The van der Waals surface area contributed by atoms with Gasteiger partial charge in [-0.2, -0.15) is 0 Å². The summed E-state index contributed by atoms with van der Waals surface area (Å²) < 4.78 is 5.94. The first-order chi connectivity index (χ1) is 13.2. The van der Waals surface area contributed by atoms with Crippen LogP contribution in [-0.4, -0.2) is 37.0 Å². The van der Waals surface area contributed by atoms with Crippen molar-refractivity contribution in [2.75, 3.05) is 20.1 Å². The molecule has 1 N–H and O–H groups in total. The minimum Gasteiger partial charge on any atom is -0.489 e. The predicted molar refractivity (Wildman–Crippen MR) is 109 cm³/mol. The zero-order valence-electron chi connectivity index (χ0n) is 16.4. The van der Waals surface area contributed by atoms with Crippen LogP contribution in [0.5, 0.6) is 5.75 Å². The van der Waals surface area contributed by atoms with Crippen molar-refractivity contribution in [3.05, 3.63) is 65.7 Å². The summed E-state index contributed by atoms with van der Waals surface area (Å²) in [6.45, 7) is 4.47. The van der Waals surface area contributed by atoms with Gasteiger partial charge >= 0.3 is 0 Å². The first-order valence-electron chi connectivity index (χ1n) is 9.87. The normalized spacial score (nSPS) is 14.8. The SMILES string of the molecule is CNC(=O)C(C)N(CCc1cccc(OCc2ccccc2)c1)CC1CC1. The molecule has 1 amide bonds. The Bertz CT molecular complexity index is 728. The van der Waals surface area contributed by atoms with Gasteiger partial charge in [0, 0.05) is 20.1 Å². The van der Waals surface area contributed by atoms with Gasteiger partial charge in [-0.05, 0) is 55.4 Å². The molecule has 2 aromatic carbocycles. The van der Waals surface area contributed by atoms with Crippen LogP contribution in [0.1, 0.15) is 30.9 Å². The number of carbonyl (C=O) groups is 1. The molecule has 1 atom stereocenters. The summed E-state index contributed by atoms with van der Waals surface area (Å²) >= 11 is 0. The van der Waals surface area contributed by atoms with E-state index in [0.29, 0.717) is 6.61 Å². The molecule has 1 fully saturated rings. The highest BCUT2D eigenvalue weighted by atomic mass is 16.5. The topological polar surface area (TPSA) is 41.6 Å². The van der Waals surface area contributed by atoms with Crippen molar-refractivity contribution in [3.63, 3.8) is 0 Å². The van der Waals surface area contributed by atoms with E-state index in [4.69, 9.17) is 4.74 Å². The molecule has 144 valence electrons. The number of likely N-dealkylation sites (N-methyl/N-ethyl adjacent to an activating group) is 1. The van der Waals surface area contributed by atoms with Crippen molar-refractivity contribution < 1.29 is 9.53 Å². The lowest BCUT2D eigenvalue weighted by atomic mass is 10.1. The van der Waals surface area contributed by atoms with Crippen LogP contribution in [0.2, 0.25) is 0 Å².